The van der Waals surface area contributed by atoms with Crippen molar-refractivity contribution in [3.05, 3.63) is 0 Å². The van der Waals surface area contributed by atoms with Crippen LogP contribution >= 0.6 is 0 Å². The Morgan fingerprint density at radius 3 is 2.90 bits per heavy atom. The van der Waals surface area contributed by atoms with Crippen molar-refractivity contribution in [3.63, 3.8) is 0 Å². The molecule has 1 heterocycles. The fourth-order valence-electron chi connectivity index (χ4n) is 0.670. The smallest absolute Gasteiger partial charge is 0.228 e. The van der Waals surface area contributed by atoms with Crippen molar-refractivity contribution in [2.24, 2.45) is 5.92 Å². The van der Waals surface area contributed by atoms with Gasteiger partial charge < -0.3 is 10.1 Å². The second-order valence-electron chi connectivity index (χ2n) is 2.16. The van der Waals surface area contributed by atoms with Crippen molar-refractivity contribution in [2.75, 3.05) is 19.8 Å². The lowest BCUT2D eigenvalue weighted by molar-refractivity contribution is -0.138. The fourth-order valence-corrected chi connectivity index (χ4v) is 0.670. The summed E-state index contributed by atoms with van der Waals surface area (Å²) in [4.78, 5) is 10.9. The molecule has 1 aliphatic rings. The van der Waals surface area contributed by atoms with Gasteiger partial charge in [-0.05, 0) is 0 Å². The van der Waals surface area contributed by atoms with E-state index in [0.29, 0.717) is 19.8 Å². The third-order valence-electron chi connectivity index (χ3n) is 1.37. The molecule has 1 amide bonds. The number of carbonyl (C=O) groups is 1. The number of carbonyl (C=O) groups excluding carboxylic acids is 1. The molecule has 1 rings (SSSR count). The minimum Gasteiger partial charge on any atom is -0.380 e. The molecule has 0 aromatic carbocycles. The van der Waals surface area contributed by atoms with Crippen LogP contribution in [0.3, 0.4) is 0 Å². The summed E-state index contributed by atoms with van der Waals surface area (Å²) in [7, 11) is 0. The Labute approximate surface area is 59.7 Å². The van der Waals surface area contributed by atoms with Crippen molar-refractivity contribution in [1.82, 2.24) is 5.32 Å². The Hall–Kier alpha value is -1.01. The normalized spacial score (nSPS) is 17.1. The van der Waals surface area contributed by atoms with Crippen molar-refractivity contribution in [1.29, 1.82) is 0 Å². The molecule has 0 aromatic rings. The summed E-state index contributed by atoms with van der Waals surface area (Å²) >= 11 is 0. The molecular weight excluding hydrogens is 130 g/mol. The zero-order chi connectivity index (χ0) is 7.40. The average Bonchev–Trinajstić information content (AvgIpc) is 1.79. The molecule has 0 aliphatic carbocycles. The number of amides is 1. The van der Waals surface area contributed by atoms with E-state index in [4.69, 9.17) is 11.2 Å². The first-order chi connectivity index (χ1) is 4.84. The van der Waals surface area contributed by atoms with E-state index in [2.05, 4.69) is 11.2 Å². The third-order valence-corrected chi connectivity index (χ3v) is 1.37. The van der Waals surface area contributed by atoms with Gasteiger partial charge in [0.2, 0.25) is 5.91 Å². The standard InChI is InChI=1S/C7H9NO2/c1-2-3-8-7(9)6-4-10-5-6/h1,6H,3-5H2,(H,8,9). The largest absolute Gasteiger partial charge is 0.380 e. The van der Waals surface area contributed by atoms with Crippen LogP contribution in [0.1, 0.15) is 0 Å². The average molecular weight is 139 g/mol. The first kappa shape index (κ1) is 7.10. The van der Waals surface area contributed by atoms with E-state index >= 15 is 0 Å². The zero-order valence-corrected chi connectivity index (χ0v) is 5.59. The van der Waals surface area contributed by atoms with Crippen LogP contribution in [-0.2, 0) is 9.53 Å². The summed E-state index contributed by atoms with van der Waals surface area (Å²) in [6, 6.07) is 0. The molecule has 1 aliphatic heterocycles. The Balaban J connectivity index is 2.15. The van der Waals surface area contributed by atoms with E-state index in [1.54, 1.807) is 0 Å². The van der Waals surface area contributed by atoms with E-state index in [1.165, 1.54) is 0 Å². The SMILES string of the molecule is C#CCNC(=O)C1COC1. The molecule has 0 spiro atoms. The summed E-state index contributed by atoms with van der Waals surface area (Å²) in [5, 5.41) is 2.58. The van der Waals surface area contributed by atoms with Gasteiger partial charge in [0, 0.05) is 0 Å². The van der Waals surface area contributed by atoms with E-state index in [-0.39, 0.29) is 11.8 Å². The van der Waals surface area contributed by atoms with Gasteiger partial charge >= 0.3 is 0 Å². The van der Waals surface area contributed by atoms with E-state index in [0.717, 1.165) is 0 Å². The summed E-state index contributed by atoms with van der Waals surface area (Å²) < 4.78 is 4.82. The minimum atomic E-state index is 0.00389. The molecule has 3 heteroatoms. The summed E-state index contributed by atoms with van der Waals surface area (Å²) in [6.07, 6.45) is 4.94. The van der Waals surface area contributed by atoms with Gasteiger partial charge in [-0.2, -0.15) is 0 Å². The second kappa shape index (κ2) is 3.23. The van der Waals surface area contributed by atoms with Crippen molar-refractivity contribution in [2.45, 2.75) is 0 Å². The lowest BCUT2D eigenvalue weighted by Gasteiger charge is -2.24. The van der Waals surface area contributed by atoms with E-state index < -0.39 is 0 Å². The van der Waals surface area contributed by atoms with Crippen molar-refractivity contribution in [3.8, 4) is 12.3 Å². The molecule has 0 bridgehead atoms. The lowest BCUT2D eigenvalue weighted by atomic mass is 10.1. The molecule has 1 fully saturated rings. The molecule has 1 saturated heterocycles. The predicted octanol–water partition coefficient (Wildman–Crippen LogP) is -0.618. The second-order valence-corrected chi connectivity index (χ2v) is 2.16. The summed E-state index contributed by atoms with van der Waals surface area (Å²) in [6.45, 7) is 1.39. The van der Waals surface area contributed by atoms with Gasteiger partial charge in [-0.15, -0.1) is 6.42 Å². The molecule has 10 heavy (non-hydrogen) atoms. The topological polar surface area (TPSA) is 38.3 Å². The Morgan fingerprint density at radius 2 is 2.50 bits per heavy atom. The first-order valence-corrected chi connectivity index (χ1v) is 3.13. The van der Waals surface area contributed by atoms with Crippen LogP contribution in [0, 0.1) is 18.3 Å². The fraction of sp³-hybridized carbons (Fsp3) is 0.571. The number of ether oxygens (including phenoxy) is 1. The molecule has 0 radical (unpaired) electrons. The first-order valence-electron chi connectivity index (χ1n) is 3.13. The predicted molar refractivity (Wildman–Crippen MR) is 36.2 cm³/mol. The molecule has 1 N–H and O–H groups in total. The van der Waals surface area contributed by atoms with Crippen LogP contribution in [0.5, 0.6) is 0 Å². The lowest BCUT2D eigenvalue weighted by Crippen LogP contribution is -2.42. The third kappa shape index (κ3) is 1.49. The Morgan fingerprint density at radius 1 is 1.80 bits per heavy atom. The van der Waals surface area contributed by atoms with Gasteiger partial charge in [0.05, 0.1) is 25.7 Å². The molecule has 0 unspecified atom stereocenters. The highest BCUT2D eigenvalue weighted by Gasteiger charge is 2.25. The van der Waals surface area contributed by atoms with Crippen LogP contribution in [0.15, 0.2) is 0 Å². The number of nitrogens with one attached hydrogen (secondary N) is 1. The molecule has 54 valence electrons. The monoisotopic (exact) mass is 139 g/mol. The van der Waals surface area contributed by atoms with Crippen molar-refractivity contribution >= 4 is 5.91 Å². The van der Waals surface area contributed by atoms with Crippen LogP contribution in [0.25, 0.3) is 0 Å². The van der Waals surface area contributed by atoms with Crippen LogP contribution < -0.4 is 5.32 Å². The van der Waals surface area contributed by atoms with Gasteiger partial charge in [-0.3, -0.25) is 4.79 Å². The molecule has 0 atom stereocenters. The highest BCUT2D eigenvalue weighted by atomic mass is 16.5. The Kier molecular flexibility index (Phi) is 2.30. The van der Waals surface area contributed by atoms with Gasteiger partial charge in [0.1, 0.15) is 0 Å². The Bertz CT molecular complexity index is 167. The molecule has 0 aromatic heterocycles. The maximum absolute atomic E-state index is 10.9. The van der Waals surface area contributed by atoms with Crippen LogP contribution in [0.2, 0.25) is 0 Å². The number of terminal acetylenes is 1. The summed E-state index contributed by atoms with van der Waals surface area (Å²) in [5.74, 6) is 2.37. The highest BCUT2D eigenvalue weighted by molar-refractivity contribution is 5.79. The van der Waals surface area contributed by atoms with Crippen LogP contribution in [0.4, 0.5) is 0 Å². The molecule has 0 saturated carbocycles. The number of hydrogen-bond acceptors (Lipinski definition) is 2. The highest BCUT2D eigenvalue weighted by Crippen LogP contribution is 2.08. The number of hydrogen-bond donors (Lipinski definition) is 1. The van der Waals surface area contributed by atoms with E-state index in [9.17, 15) is 4.79 Å². The quantitative estimate of drug-likeness (QED) is 0.518. The minimum absolute atomic E-state index is 0.00389. The number of rotatable bonds is 2. The van der Waals surface area contributed by atoms with Crippen molar-refractivity contribution < 1.29 is 9.53 Å². The zero-order valence-electron chi connectivity index (χ0n) is 5.59. The maximum Gasteiger partial charge on any atom is 0.228 e. The van der Waals surface area contributed by atoms with E-state index in [1.807, 2.05) is 0 Å². The van der Waals surface area contributed by atoms with Gasteiger partial charge in [0.15, 0.2) is 0 Å². The van der Waals surface area contributed by atoms with Gasteiger partial charge in [-0.1, -0.05) is 5.92 Å². The summed E-state index contributed by atoms with van der Waals surface area (Å²) in [5.41, 5.74) is 0. The maximum atomic E-state index is 10.9. The van der Waals surface area contributed by atoms with Gasteiger partial charge in [0.25, 0.3) is 0 Å². The van der Waals surface area contributed by atoms with Gasteiger partial charge in [-0.25, -0.2) is 0 Å². The molecular formula is C7H9NO2. The molecule has 3 nitrogen and oxygen atoms in total. The van der Waals surface area contributed by atoms with Crippen LogP contribution in [-0.4, -0.2) is 25.7 Å².